The van der Waals surface area contributed by atoms with Crippen molar-refractivity contribution in [1.82, 2.24) is 71.5 Å². The molecule has 2 aromatic heterocycles. The fourth-order valence-corrected chi connectivity index (χ4v) is 8.70. The fourth-order valence-electron chi connectivity index (χ4n) is 8.70. The van der Waals surface area contributed by atoms with Gasteiger partial charge in [0.2, 0.25) is 35.5 Å². The van der Waals surface area contributed by atoms with Gasteiger partial charge in [0.1, 0.15) is 25.3 Å². The van der Waals surface area contributed by atoms with E-state index in [0.29, 0.717) is 51.2 Å². The maximum Gasteiger partial charge on any atom is 0.248 e. The van der Waals surface area contributed by atoms with E-state index in [-0.39, 0.29) is 48.9 Å². The second kappa shape index (κ2) is 27.0. The third-order valence-corrected chi connectivity index (χ3v) is 13.1. The first-order chi connectivity index (χ1) is 34.8. The van der Waals surface area contributed by atoms with E-state index in [0.717, 1.165) is 36.8 Å². The molecule has 22 heteroatoms. The van der Waals surface area contributed by atoms with Crippen LogP contribution >= 0.6 is 0 Å². The number of amides is 4. The number of rotatable bonds is 24. The Bertz CT molecular complexity index is 2330. The number of nitrogens with one attached hydrogen (secondary N) is 4. The second-order valence-electron chi connectivity index (χ2n) is 18.3. The molecule has 2 aromatic carbocycles. The molecule has 0 radical (unpaired) electrons. The fraction of sp³-hybridized carbons (Fsp3) is 0.560. The molecular weight excluding hydrogens is 921 g/mol. The molecule has 2 aliphatic rings. The molecular formula is C50H70N16O6. The number of nitrogens with zero attached hydrogens (tertiary/aromatic N) is 12. The average molecular weight is 991 g/mol. The summed E-state index contributed by atoms with van der Waals surface area (Å²) in [4.78, 5) is 62.6. The normalized spacial score (nSPS) is 17.8. The highest BCUT2D eigenvalue weighted by atomic mass is 16.5. The first-order valence-electron chi connectivity index (χ1n) is 24.6. The van der Waals surface area contributed by atoms with Crippen LogP contribution in [0.3, 0.4) is 0 Å². The van der Waals surface area contributed by atoms with Gasteiger partial charge in [-0.3, -0.25) is 19.2 Å². The van der Waals surface area contributed by atoms with Crippen LogP contribution in [0.15, 0.2) is 60.7 Å². The topological polar surface area (TPSA) is 235 Å². The highest BCUT2D eigenvalue weighted by Crippen LogP contribution is 2.25. The number of ether oxygens (including phenoxy) is 2. The molecule has 72 heavy (non-hydrogen) atoms. The highest BCUT2D eigenvalue weighted by Gasteiger charge is 2.40. The number of hydrogen-bond donors (Lipinski definition) is 4. The molecule has 2 fully saturated rings. The number of hydrogen-bond acceptors (Lipinski definition) is 16. The molecule has 0 unspecified atom stereocenters. The van der Waals surface area contributed by atoms with Gasteiger partial charge >= 0.3 is 0 Å². The van der Waals surface area contributed by atoms with Crippen LogP contribution < -0.4 is 31.1 Å². The Balaban J connectivity index is 1.04. The monoisotopic (exact) mass is 991 g/mol. The van der Waals surface area contributed by atoms with Crippen LogP contribution in [0.1, 0.15) is 64.5 Å². The van der Waals surface area contributed by atoms with Crippen LogP contribution in [0.2, 0.25) is 0 Å². The van der Waals surface area contributed by atoms with Gasteiger partial charge < -0.3 is 50.3 Å². The van der Waals surface area contributed by atoms with Crippen LogP contribution in [-0.2, 0) is 54.8 Å². The first kappa shape index (κ1) is 54.4. The van der Waals surface area contributed by atoms with Crippen molar-refractivity contribution in [3.05, 3.63) is 71.8 Å². The summed E-state index contributed by atoms with van der Waals surface area (Å²) >= 11 is 0. The molecule has 2 aliphatic heterocycles. The quantitative estimate of drug-likeness (QED) is 0.0705. The van der Waals surface area contributed by atoms with Gasteiger partial charge in [0.25, 0.3) is 0 Å². The maximum absolute atomic E-state index is 14.3. The van der Waals surface area contributed by atoms with Crippen LogP contribution in [0, 0.1) is 23.7 Å². The molecule has 4 aromatic rings. The molecule has 6 rings (SSSR count). The van der Waals surface area contributed by atoms with E-state index in [4.69, 9.17) is 9.47 Å². The molecule has 386 valence electrons. The zero-order valence-corrected chi connectivity index (χ0v) is 42.7. The van der Waals surface area contributed by atoms with E-state index in [2.05, 4.69) is 76.0 Å². The van der Waals surface area contributed by atoms with Crippen LogP contribution in [0.25, 0.3) is 0 Å². The van der Waals surface area contributed by atoms with Crippen molar-refractivity contribution in [2.75, 3.05) is 64.3 Å². The van der Waals surface area contributed by atoms with Gasteiger partial charge in [-0.15, -0.1) is 0 Å². The molecule has 4 heterocycles. The van der Waals surface area contributed by atoms with E-state index in [9.17, 15) is 19.2 Å². The lowest BCUT2D eigenvalue weighted by molar-refractivity contribution is -0.141. The summed E-state index contributed by atoms with van der Waals surface area (Å²) in [5, 5.41) is 36.6. The van der Waals surface area contributed by atoms with Gasteiger partial charge in [-0.05, 0) is 111 Å². The van der Waals surface area contributed by atoms with Crippen LogP contribution in [0.4, 0.5) is 11.9 Å². The maximum atomic E-state index is 14.3. The van der Waals surface area contributed by atoms with Crippen molar-refractivity contribution < 1.29 is 28.7 Å². The van der Waals surface area contributed by atoms with E-state index in [1.807, 2.05) is 84.6 Å². The number of carbonyl (C=O) groups excluding carboxylic acids is 4. The van der Waals surface area contributed by atoms with Gasteiger partial charge in [-0.25, -0.2) is 9.36 Å². The summed E-state index contributed by atoms with van der Waals surface area (Å²) in [6.45, 7) is 9.70. The molecule has 0 spiro atoms. The van der Waals surface area contributed by atoms with Gasteiger partial charge in [-0.2, -0.15) is 0 Å². The van der Waals surface area contributed by atoms with E-state index in [1.54, 1.807) is 61.0 Å². The minimum Gasteiger partial charge on any atom is -0.363 e. The van der Waals surface area contributed by atoms with Crippen molar-refractivity contribution >= 4 is 35.5 Å². The lowest BCUT2D eigenvalue weighted by Crippen LogP contribution is -2.58. The number of likely N-dealkylation sites (tertiary alicyclic amines) is 2. The number of carbonyl (C=O) groups is 4. The number of likely N-dealkylation sites (N-methyl/N-ethyl adjacent to an activating group) is 2. The third kappa shape index (κ3) is 14.8. The summed E-state index contributed by atoms with van der Waals surface area (Å²) in [7, 11) is 7.19. The number of anilines is 2. The highest BCUT2D eigenvalue weighted by molar-refractivity contribution is 5.91. The Morgan fingerprint density at radius 3 is 1.40 bits per heavy atom. The van der Waals surface area contributed by atoms with Gasteiger partial charge in [0.05, 0.1) is 49.5 Å². The summed E-state index contributed by atoms with van der Waals surface area (Å²) in [6.07, 6.45) is 1.53. The van der Waals surface area contributed by atoms with Crippen LogP contribution in [-0.4, -0.2) is 177 Å². The summed E-state index contributed by atoms with van der Waals surface area (Å²) in [5.41, 5.74) is 2.22. The van der Waals surface area contributed by atoms with Gasteiger partial charge in [0, 0.05) is 40.3 Å². The smallest absolute Gasteiger partial charge is 0.248 e. The largest absolute Gasteiger partial charge is 0.363 e. The summed E-state index contributed by atoms with van der Waals surface area (Å²) < 4.78 is 15.5. The molecule has 8 atom stereocenters. The van der Waals surface area contributed by atoms with Crippen molar-refractivity contribution in [2.45, 2.75) is 128 Å². The van der Waals surface area contributed by atoms with Crippen LogP contribution in [0.5, 0.6) is 0 Å². The minimum absolute atomic E-state index is 0.0712. The molecule has 0 saturated carbocycles. The van der Waals surface area contributed by atoms with Crippen molar-refractivity contribution in [3.63, 3.8) is 0 Å². The van der Waals surface area contributed by atoms with E-state index in [1.165, 1.54) is 0 Å². The summed E-state index contributed by atoms with van der Waals surface area (Å²) in [5.74, 6) is 11.2. The molecule has 2 saturated heterocycles. The minimum atomic E-state index is -1.00. The predicted octanol–water partition coefficient (Wildman–Crippen LogP) is 0.617. The number of tetrazole rings is 2. The van der Waals surface area contributed by atoms with Crippen molar-refractivity contribution in [1.29, 1.82) is 0 Å². The van der Waals surface area contributed by atoms with Gasteiger partial charge in [-0.1, -0.05) is 82.7 Å². The van der Waals surface area contributed by atoms with Crippen molar-refractivity contribution in [3.8, 4) is 23.7 Å². The Morgan fingerprint density at radius 1 is 0.639 bits per heavy atom. The lowest BCUT2D eigenvalue weighted by Gasteiger charge is -2.32. The standard InChI is InChI=1S/C50H70N16O6/c1-35(51-5)45(67)53-43(47(69)63-27-19-25-41(63)33-65-49(55-57-59-65)61(7)31-39-21-13-11-14-22-39)37(3)71-29-17-9-10-18-30-72-38(4)44(54-46(68)36(2)52-6)48(70)64-28-20-26-42(64)34-66-50(56-58-60-66)62(8)32-40-23-15-12-16-24-40/h11-16,21-24,35-38,41-44,51-52H,19-20,25-34H2,1-8H3,(H,53,67)(H,54,68)/t35-,36-,37+,38+,41-,42-,43-,44-/m0/s1. The zero-order valence-electron chi connectivity index (χ0n) is 42.7. The lowest BCUT2D eigenvalue weighted by atomic mass is 10.1. The molecule has 22 nitrogen and oxygen atoms in total. The Morgan fingerprint density at radius 2 is 1.03 bits per heavy atom. The number of aromatic nitrogens is 8. The molecule has 4 N–H and O–H groups in total. The van der Waals surface area contributed by atoms with Gasteiger partial charge in [0.15, 0.2) is 0 Å². The third-order valence-electron chi connectivity index (χ3n) is 13.1. The Kier molecular flexibility index (Phi) is 20.4. The summed E-state index contributed by atoms with van der Waals surface area (Å²) in [6, 6.07) is 16.5. The SMILES string of the molecule is CN[C@@H](C)C(=O)N[C@H](C(=O)N1CCC[C@H]1Cn1nnnc1N(C)Cc1ccccc1)[C@@H](C)OCC#CC#CCO[C@H](C)[C@H](NC(=O)[C@H](C)NC)C(=O)N1CCC[C@H]1Cn1nnnc1N(C)Cc1ccccc1. The van der Waals surface area contributed by atoms with E-state index >= 15 is 0 Å². The molecule has 4 amide bonds. The predicted molar refractivity (Wildman–Crippen MR) is 269 cm³/mol. The zero-order chi connectivity index (χ0) is 51.6. The molecule has 0 aliphatic carbocycles. The van der Waals surface area contributed by atoms with E-state index < -0.39 is 36.4 Å². The first-order valence-corrected chi connectivity index (χ1v) is 24.6. The molecule has 0 bridgehead atoms. The number of benzene rings is 2. The second-order valence-corrected chi connectivity index (χ2v) is 18.3. The van der Waals surface area contributed by atoms with Crippen molar-refractivity contribution in [2.24, 2.45) is 0 Å². The Hall–Kier alpha value is -6.98. The Labute approximate surface area is 422 Å². The average Bonchev–Trinajstić information content (AvgIpc) is 4.24.